The molecule has 2 nitrogen and oxygen atoms in total. The van der Waals surface area contributed by atoms with Crippen LogP contribution in [0.3, 0.4) is 0 Å². The van der Waals surface area contributed by atoms with Gasteiger partial charge in [0.25, 0.3) is 5.91 Å². The summed E-state index contributed by atoms with van der Waals surface area (Å²) in [6.45, 7) is 12.3. The van der Waals surface area contributed by atoms with Gasteiger partial charge in [-0.05, 0) is 50.5 Å². The van der Waals surface area contributed by atoms with Gasteiger partial charge in [0, 0.05) is 59.0 Å². The number of carbonyl (C=O) groups excluding carboxylic acids is 1. The van der Waals surface area contributed by atoms with E-state index in [0.29, 0.717) is 0 Å². The number of aryl methyl sites for hydroxylation is 2. The second-order valence-electron chi connectivity index (χ2n) is 5.92. The topological polar surface area (TPSA) is 29.1 Å². The van der Waals surface area contributed by atoms with Crippen LogP contribution in [-0.4, -0.2) is 31.1 Å². The van der Waals surface area contributed by atoms with Gasteiger partial charge in [-0.2, -0.15) is 0 Å². The van der Waals surface area contributed by atoms with Crippen molar-refractivity contribution >= 4 is 18.9 Å². The molecule has 0 bridgehead atoms. The van der Waals surface area contributed by atoms with Crippen molar-refractivity contribution in [1.82, 2.24) is 0 Å². The third-order valence-electron chi connectivity index (χ3n) is 4.09. The normalized spacial score (nSPS) is 12.5. The van der Waals surface area contributed by atoms with Gasteiger partial charge in [0.05, 0.1) is 6.16 Å². The first-order valence-electron chi connectivity index (χ1n) is 7.13. The average molecular weight is 387 g/mol. The molecule has 0 saturated carbocycles. The predicted molar refractivity (Wildman–Crippen MR) is 87.9 cm³/mol. The Labute approximate surface area is 153 Å². The van der Waals surface area contributed by atoms with Crippen molar-refractivity contribution in [3.05, 3.63) is 29.1 Å². The zero-order chi connectivity index (χ0) is 15.5. The van der Waals surface area contributed by atoms with Crippen LogP contribution < -0.4 is 5.32 Å². The summed E-state index contributed by atoms with van der Waals surface area (Å²) in [5.41, 5.74) is 2.37. The molecule has 0 aliphatic rings. The number of carbonyl (C=O) groups is 1. The van der Waals surface area contributed by atoms with E-state index in [1.54, 1.807) is 0 Å². The summed E-state index contributed by atoms with van der Waals surface area (Å²) < 4.78 is 13.3. The third-order valence-corrected chi connectivity index (χ3v) is 8.01. The molecule has 1 aromatic carbocycles. The zero-order valence-corrected chi connectivity index (χ0v) is 17.7. The van der Waals surface area contributed by atoms with Crippen LogP contribution in [0.5, 0.6) is 0 Å². The summed E-state index contributed by atoms with van der Waals surface area (Å²) in [4.78, 5) is 12.6. The van der Waals surface area contributed by atoms with Crippen molar-refractivity contribution in [3.8, 4) is 0 Å². The van der Waals surface area contributed by atoms with E-state index in [1.165, 1.54) is 12.1 Å². The maximum atomic E-state index is 13.3. The number of halogens is 1. The van der Waals surface area contributed by atoms with Gasteiger partial charge >= 0.3 is 0 Å². The van der Waals surface area contributed by atoms with Gasteiger partial charge in [0.15, 0.2) is 0 Å². The molecule has 1 unspecified atom stereocenters. The molecule has 1 rings (SSSR count). The van der Waals surface area contributed by atoms with Gasteiger partial charge in [-0.25, -0.2) is 4.39 Å². The molecule has 1 N–H and O–H groups in total. The van der Waals surface area contributed by atoms with E-state index < -0.39 is 7.26 Å². The fraction of sp³-hybridized carbons (Fsp3) is 0.562. The van der Waals surface area contributed by atoms with Crippen LogP contribution in [-0.2, 0) is 37.5 Å². The van der Waals surface area contributed by atoms with Crippen molar-refractivity contribution in [2.75, 3.05) is 24.8 Å². The van der Waals surface area contributed by atoms with E-state index in [9.17, 15) is 9.18 Å². The summed E-state index contributed by atoms with van der Waals surface area (Å²) in [7, 11) is -1.25. The fourth-order valence-corrected chi connectivity index (χ4v) is 4.66. The van der Waals surface area contributed by atoms with Crippen molar-refractivity contribution in [1.29, 1.82) is 0 Å². The van der Waals surface area contributed by atoms with Gasteiger partial charge in [-0.3, -0.25) is 4.79 Å². The maximum absolute atomic E-state index is 13.3. The van der Waals surface area contributed by atoms with Gasteiger partial charge in [-0.1, -0.05) is 6.92 Å². The molecule has 1 amide bonds. The number of hydrogen-bond acceptors (Lipinski definition) is 1. The van der Waals surface area contributed by atoms with E-state index in [1.807, 2.05) is 13.8 Å². The quantitative estimate of drug-likeness (QED) is 0.743. The monoisotopic (exact) mass is 387 g/mol. The third kappa shape index (κ3) is 5.37. The largest absolute Gasteiger partial charge is 0.322 e. The molecule has 0 aliphatic carbocycles. The molecule has 115 valence electrons. The van der Waals surface area contributed by atoms with Crippen LogP contribution in [0.4, 0.5) is 10.1 Å². The van der Waals surface area contributed by atoms with E-state index >= 15 is 0 Å². The minimum absolute atomic E-state index is 0. The SMILES string of the molecule is CCC(C(=O)Nc1c(C)cc(F)cc1C)[P+](C)(C)CC.[Y]. The molecule has 0 saturated heterocycles. The number of amides is 1. The van der Waals surface area contributed by atoms with Gasteiger partial charge in [-0.15, -0.1) is 0 Å². The molecule has 1 atom stereocenters. The fourth-order valence-electron chi connectivity index (χ4n) is 2.53. The molecule has 1 radical (unpaired) electrons. The molecular weight excluding hydrogens is 361 g/mol. The minimum atomic E-state index is -1.25. The molecule has 0 spiro atoms. The first kappa shape index (κ1) is 21.2. The number of anilines is 1. The van der Waals surface area contributed by atoms with Crippen LogP contribution in [0.25, 0.3) is 0 Å². The van der Waals surface area contributed by atoms with Crippen molar-refractivity contribution < 1.29 is 41.9 Å². The van der Waals surface area contributed by atoms with Crippen LogP contribution in [0.15, 0.2) is 12.1 Å². The Kier molecular flexibility index (Phi) is 8.76. The number of hydrogen-bond donors (Lipinski definition) is 1. The van der Waals surface area contributed by atoms with Crippen LogP contribution in [0, 0.1) is 19.7 Å². The smallest absolute Gasteiger partial charge is 0.265 e. The molecule has 0 fully saturated rings. The number of benzene rings is 1. The molecular formula is C16H26FNOPY+. The summed E-state index contributed by atoms with van der Waals surface area (Å²) in [5, 5.41) is 3.02. The van der Waals surface area contributed by atoms with E-state index in [2.05, 4.69) is 32.5 Å². The average Bonchev–Trinajstić information content (AvgIpc) is 2.34. The van der Waals surface area contributed by atoms with Gasteiger partial charge < -0.3 is 5.32 Å². The van der Waals surface area contributed by atoms with Crippen LogP contribution in [0.1, 0.15) is 31.4 Å². The Balaban J connectivity index is 0.00000400. The summed E-state index contributed by atoms with van der Waals surface area (Å²) in [6.07, 6.45) is 1.90. The summed E-state index contributed by atoms with van der Waals surface area (Å²) in [6, 6.07) is 2.92. The molecule has 0 aliphatic heterocycles. The second kappa shape index (κ2) is 8.70. The van der Waals surface area contributed by atoms with Crippen LogP contribution >= 0.6 is 7.26 Å². The van der Waals surface area contributed by atoms with E-state index in [4.69, 9.17) is 0 Å². The first-order valence-corrected chi connectivity index (χ1v) is 10.1. The van der Waals surface area contributed by atoms with Gasteiger partial charge in [0.1, 0.15) is 11.5 Å². The molecule has 0 aromatic heterocycles. The van der Waals surface area contributed by atoms with Crippen molar-refractivity contribution in [2.24, 2.45) is 0 Å². The number of nitrogens with one attached hydrogen (secondary N) is 1. The van der Waals surface area contributed by atoms with Crippen molar-refractivity contribution in [2.45, 2.75) is 39.8 Å². The zero-order valence-electron chi connectivity index (χ0n) is 14.0. The standard InChI is InChI=1S/C16H25FNOP.Y/c1-7-14(20(5,6)8-2)16(19)18-15-11(3)9-13(17)10-12(15)4;/h9-10,14H,7-8H2,1-6H3;/p+1. The van der Waals surface area contributed by atoms with E-state index in [-0.39, 0.29) is 50.1 Å². The molecule has 5 heteroatoms. The van der Waals surface area contributed by atoms with Crippen LogP contribution in [0.2, 0.25) is 0 Å². The second-order valence-corrected chi connectivity index (χ2v) is 10.7. The van der Waals surface area contributed by atoms with Crippen molar-refractivity contribution in [3.63, 3.8) is 0 Å². The molecule has 1 aromatic rings. The Morgan fingerprint density at radius 1 is 1.24 bits per heavy atom. The number of rotatable bonds is 5. The predicted octanol–water partition coefficient (Wildman–Crippen LogP) is 4.45. The Hall–Kier alpha value is 0.154. The Morgan fingerprint density at radius 3 is 2.10 bits per heavy atom. The minimum Gasteiger partial charge on any atom is -0.322 e. The first-order chi connectivity index (χ1) is 9.22. The summed E-state index contributed by atoms with van der Waals surface area (Å²) >= 11 is 0. The van der Waals surface area contributed by atoms with E-state index in [0.717, 1.165) is 29.4 Å². The Bertz CT molecular complexity index is 482. The maximum Gasteiger partial charge on any atom is 0.265 e. The molecule has 0 heterocycles. The summed E-state index contributed by atoms with van der Waals surface area (Å²) in [5.74, 6) is -0.183. The Morgan fingerprint density at radius 2 is 1.71 bits per heavy atom. The van der Waals surface area contributed by atoms with Gasteiger partial charge in [0.2, 0.25) is 0 Å². The molecule has 21 heavy (non-hydrogen) atoms.